The standard InChI is InChI=1S/C10H11N5O4/c16-8-4-15(7(3-13-8)9(17)18)10(19)14-6-1-11-5-12-2-6/h1-2,5,7H,3-4H2,(H,13,16)(H,14,19)(H,17,18). The summed E-state index contributed by atoms with van der Waals surface area (Å²) in [6.07, 6.45) is 4.03. The minimum atomic E-state index is -1.18. The first kappa shape index (κ1) is 12.7. The summed E-state index contributed by atoms with van der Waals surface area (Å²) in [5.41, 5.74) is 0.322. The Labute approximate surface area is 107 Å². The topological polar surface area (TPSA) is 125 Å². The number of piperazine rings is 1. The highest BCUT2D eigenvalue weighted by Crippen LogP contribution is 2.09. The van der Waals surface area contributed by atoms with Crippen molar-refractivity contribution in [2.24, 2.45) is 0 Å². The smallest absolute Gasteiger partial charge is 0.328 e. The molecule has 100 valence electrons. The second kappa shape index (κ2) is 5.29. The second-order valence-electron chi connectivity index (χ2n) is 3.84. The van der Waals surface area contributed by atoms with E-state index in [0.717, 1.165) is 4.90 Å². The Morgan fingerprint density at radius 1 is 1.42 bits per heavy atom. The largest absolute Gasteiger partial charge is 0.480 e. The summed E-state index contributed by atoms with van der Waals surface area (Å²) in [6, 6.07) is -1.78. The molecular weight excluding hydrogens is 254 g/mol. The summed E-state index contributed by atoms with van der Waals surface area (Å²) in [6.45, 7) is -0.427. The fourth-order valence-electron chi connectivity index (χ4n) is 1.63. The summed E-state index contributed by atoms with van der Waals surface area (Å²) in [5.74, 6) is -1.59. The number of aliphatic carboxylic acids is 1. The van der Waals surface area contributed by atoms with E-state index >= 15 is 0 Å². The van der Waals surface area contributed by atoms with Crippen molar-refractivity contribution in [3.05, 3.63) is 18.7 Å². The number of urea groups is 1. The molecule has 0 radical (unpaired) electrons. The van der Waals surface area contributed by atoms with E-state index in [9.17, 15) is 14.4 Å². The number of anilines is 1. The van der Waals surface area contributed by atoms with Gasteiger partial charge in [-0.15, -0.1) is 0 Å². The average Bonchev–Trinajstić information content (AvgIpc) is 2.39. The quantitative estimate of drug-likeness (QED) is 0.623. The molecule has 1 aromatic rings. The normalized spacial score (nSPS) is 18.6. The van der Waals surface area contributed by atoms with E-state index < -0.39 is 23.9 Å². The molecule has 0 aliphatic carbocycles. The molecule has 3 amide bonds. The molecule has 0 bridgehead atoms. The van der Waals surface area contributed by atoms with Gasteiger partial charge in [0.15, 0.2) is 0 Å². The van der Waals surface area contributed by atoms with Crippen LogP contribution in [0.1, 0.15) is 0 Å². The Bertz CT molecular complexity index is 506. The lowest BCUT2D eigenvalue weighted by atomic mass is 10.2. The highest BCUT2D eigenvalue weighted by atomic mass is 16.4. The monoisotopic (exact) mass is 265 g/mol. The molecule has 19 heavy (non-hydrogen) atoms. The Morgan fingerprint density at radius 3 is 2.74 bits per heavy atom. The summed E-state index contributed by atoms with van der Waals surface area (Å²) in [4.78, 5) is 42.6. The van der Waals surface area contributed by atoms with Gasteiger partial charge in [-0.2, -0.15) is 0 Å². The SMILES string of the molecule is O=C1CN(C(=O)Nc2cncnc2)C(C(=O)O)CN1. The van der Waals surface area contributed by atoms with E-state index in [1.807, 2.05) is 0 Å². The molecule has 1 saturated heterocycles. The molecule has 0 aromatic carbocycles. The maximum Gasteiger partial charge on any atom is 0.328 e. The first-order valence-corrected chi connectivity index (χ1v) is 5.40. The Balaban J connectivity index is 2.11. The van der Waals surface area contributed by atoms with Crippen molar-refractivity contribution in [3.63, 3.8) is 0 Å². The van der Waals surface area contributed by atoms with Gasteiger partial charge in [-0.25, -0.2) is 19.6 Å². The van der Waals surface area contributed by atoms with Crippen LogP contribution in [0, 0.1) is 0 Å². The number of hydrogen-bond donors (Lipinski definition) is 3. The Kier molecular flexibility index (Phi) is 3.55. The molecule has 9 nitrogen and oxygen atoms in total. The predicted molar refractivity (Wildman–Crippen MR) is 62.2 cm³/mol. The first-order chi connectivity index (χ1) is 9.08. The second-order valence-corrected chi connectivity index (χ2v) is 3.84. The van der Waals surface area contributed by atoms with Crippen LogP contribution >= 0.6 is 0 Å². The van der Waals surface area contributed by atoms with Gasteiger partial charge in [0.25, 0.3) is 0 Å². The molecule has 1 aliphatic rings. The number of carboxylic acid groups (broad SMARTS) is 1. The number of nitrogens with zero attached hydrogens (tertiary/aromatic N) is 3. The van der Waals surface area contributed by atoms with Crippen molar-refractivity contribution in [2.75, 3.05) is 18.4 Å². The van der Waals surface area contributed by atoms with E-state index in [1.165, 1.54) is 18.7 Å². The van der Waals surface area contributed by atoms with Crippen molar-refractivity contribution in [2.45, 2.75) is 6.04 Å². The molecule has 0 spiro atoms. The number of rotatable bonds is 2. The van der Waals surface area contributed by atoms with Crippen molar-refractivity contribution >= 4 is 23.6 Å². The molecule has 0 saturated carbocycles. The third kappa shape index (κ3) is 2.94. The summed E-state index contributed by atoms with van der Waals surface area (Å²) in [5, 5.41) is 13.8. The molecular formula is C10H11N5O4. The lowest BCUT2D eigenvalue weighted by Crippen LogP contribution is -2.60. The lowest BCUT2D eigenvalue weighted by Gasteiger charge is -2.32. The van der Waals surface area contributed by atoms with Crippen LogP contribution in [0.3, 0.4) is 0 Å². The van der Waals surface area contributed by atoms with Crippen LogP contribution in [0.5, 0.6) is 0 Å². The van der Waals surface area contributed by atoms with Gasteiger partial charge in [0.05, 0.1) is 18.1 Å². The average molecular weight is 265 g/mol. The van der Waals surface area contributed by atoms with Crippen LogP contribution in [-0.2, 0) is 9.59 Å². The number of nitrogens with one attached hydrogen (secondary N) is 2. The van der Waals surface area contributed by atoms with E-state index in [4.69, 9.17) is 5.11 Å². The molecule has 9 heteroatoms. The number of carbonyl (C=O) groups excluding carboxylic acids is 2. The van der Waals surface area contributed by atoms with E-state index in [0.29, 0.717) is 5.69 Å². The van der Waals surface area contributed by atoms with Crippen molar-refractivity contribution in [3.8, 4) is 0 Å². The van der Waals surface area contributed by atoms with Crippen LogP contribution in [0.25, 0.3) is 0 Å². The van der Waals surface area contributed by atoms with Crippen LogP contribution in [-0.4, -0.2) is 57.0 Å². The van der Waals surface area contributed by atoms with Gasteiger partial charge in [-0.05, 0) is 0 Å². The predicted octanol–water partition coefficient (Wildman–Crippen LogP) is -1.11. The molecule has 1 unspecified atom stereocenters. The van der Waals surface area contributed by atoms with Gasteiger partial charge in [-0.1, -0.05) is 0 Å². The van der Waals surface area contributed by atoms with E-state index in [-0.39, 0.29) is 13.1 Å². The van der Waals surface area contributed by atoms with Crippen LogP contribution in [0.15, 0.2) is 18.7 Å². The van der Waals surface area contributed by atoms with Gasteiger partial charge in [0, 0.05) is 6.54 Å². The zero-order valence-corrected chi connectivity index (χ0v) is 9.74. The van der Waals surface area contributed by atoms with Crippen LogP contribution in [0.2, 0.25) is 0 Å². The molecule has 2 rings (SSSR count). The first-order valence-electron chi connectivity index (χ1n) is 5.40. The summed E-state index contributed by atoms with van der Waals surface area (Å²) in [7, 11) is 0. The third-order valence-corrected chi connectivity index (χ3v) is 2.54. The lowest BCUT2D eigenvalue weighted by molar-refractivity contribution is -0.144. The Hall–Kier alpha value is -2.71. The van der Waals surface area contributed by atoms with Gasteiger partial charge in [-0.3, -0.25) is 9.69 Å². The minimum Gasteiger partial charge on any atom is -0.480 e. The van der Waals surface area contributed by atoms with Crippen molar-refractivity contribution in [1.29, 1.82) is 0 Å². The van der Waals surface area contributed by atoms with Crippen LogP contribution in [0.4, 0.5) is 10.5 Å². The third-order valence-electron chi connectivity index (χ3n) is 2.54. The minimum absolute atomic E-state index is 0.118. The molecule has 1 aromatic heterocycles. The summed E-state index contributed by atoms with van der Waals surface area (Å²) >= 11 is 0. The zero-order valence-electron chi connectivity index (χ0n) is 9.74. The number of carboxylic acids is 1. The van der Waals surface area contributed by atoms with Gasteiger partial charge in [0.2, 0.25) is 5.91 Å². The fraction of sp³-hybridized carbons (Fsp3) is 0.300. The molecule has 1 atom stereocenters. The van der Waals surface area contributed by atoms with Crippen molar-refractivity contribution in [1.82, 2.24) is 20.2 Å². The van der Waals surface area contributed by atoms with Crippen LogP contribution < -0.4 is 10.6 Å². The van der Waals surface area contributed by atoms with Gasteiger partial charge < -0.3 is 15.7 Å². The number of carbonyl (C=O) groups is 3. The van der Waals surface area contributed by atoms with Gasteiger partial charge >= 0.3 is 12.0 Å². The molecule has 1 aliphatic heterocycles. The summed E-state index contributed by atoms with van der Waals surface area (Å²) < 4.78 is 0. The van der Waals surface area contributed by atoms with E-state index in [1.54, 1.807) is 0 Å². The maximum atomic E-state index is 11.9. The highest BCUT2D eigenvalue weighted by Gasteiger charge is 2.35. The van der Waals surface area contributed by atoms with Gasteiger partial charge in [0.1, 0.15) is 18.9 Å². The zero-order chi connectivity index (χ0) is 13.8. The fourth-order valence-corrected chi connectivity index (χ4v) is 1.63. The van der Waals surface area contributed by atoms with E-state index in [2.05, 4.69) is 20.6 Å². The number of hydrogen-bond acceptors (Lipinski definition) is 5. The van der Waals surface area contributed by atoms with Crippen molar-refractivity contribution < 1.29 is 19.5 Å². The molecule has 3 N–H and O–H groups in total. The maximum absolute atomic E-state index is 11.9. The number of aromatic nitrogens is 2. The number of amides is 3. The highest BCUT2D eigenvalue weighted by molar-refractivity contribution is 5.96. The molecule has 2 heterocycles. The molecule has 1 fully saturated rings. The Morgan fingerprint density at radius 2 is 2.11 bits per heavy atom.